The highest BCUT2D eigenvalue weighted by atomic mass is 35.5. The van der Waals surface area contributed by atoms with Gasteiger partial charge in [-0.2, -0.15) is 5.10 Å². The molecule has 0 bridgehead atoms. The fourth-order valence-corrected chi connectivity index (χ4v) is 3.45. The molecular weight excluding hydrogens is 347 g/mol. The fourth-order valence-electron chi connectivity index (χ4n) is 3.24. The van der Waals surface area contributed by atoms with Crippen molar-refractivity contribution in [1.82, 2.24) is 20.0 Å². The Bertz CT molecular complexity index is 669. The van der Waals surface area contributed by atoms with Crippen LogP contribution in [0, 0.1) is 0 Å². The third kappa shape index (κ3) is 3.74. The average molecular weight is 369 g/mol. The van der Waals surface area contributed by atoms with Gasteiger partial charge in [-0.15, -0.1) is 12.4 Å². The van der Waals surface area contributed by atoms with E-state index in [-0.39, 0.29) is 18.3 Å². The topological polar surface area (TPSA) is 50.2 Å². The smallest absolute Gasteiger partial charge is 0.250 e. The number of aromatic nitrogens is 2. The van der Waals surface area contributed by atoms with Crippen molar-refractivity contribution < 1.29 is 4.79 Å². The zero-order chi connectivity index (χ0) is 16.3. The number of nitrogens with one attached hydrogen (secondary N) is 1. The van der Waals surface area contributed by atoms with Crippen LogP contribution < -0.4 is 5.32 Å². The summed E-state index contributed by atoms with van der Waals surface area (Å²) < 4.78 is 1.82. The fraction of sp³-hybridized carbons (Fsp3) is 0.412. The van der Waals surface area contributed by atoms with E-state index in [4.69, 9.17) is 11.6 Å². The van der Waals surface area contributed by atoms with Crippen molar-refractivity contribution in [3.8, 4) is 0 Å². The molecule has 1 fully saturated rings. The summed E-state index contributed by atoms with van der Waals surface area (Å²) in [5.74, 6) is 0.0997. The lowest BCUT2D eigenvalue weighted by atomic mass is 9.86. The van der Waals surface area contributed by atoms with Gasteiger partial charge in [0, 0.05) is 31.0 Å². The van der Waals surface area contributed by atoms with Gasteiger partial charge in [-0.25, -0.2) is 0 Å². The molecule has 5 nitrogen and oxygen atoms in total. The molecular formula is C17H22Cl2N4O. The number of hydrogen-bond donors (Lipinski definition) is 1. The van der Waals surface area contributed by atoms with E-state index in [9.17, 15) is 4.79 Å². The number of carbonyl (C=O) groups is 1. The van der Waals surface area contributed by atoms with Crippen LogP contribution in [0.4, 0.5) is 0 Å². The van der Waals surface area contributed by atoms with Gasteiger partial charge in [0.2, 0.25) is 0 Å². The third-order valence-corrected chi connectivity index (χ3v) is 4.66. The highest BCUT2D eigenvalue weighted by Gasteiger charge is 2.43. The molecule has 1 saturated heterocycles. The van der Waals surface area contributed by atoms with Crippen molar-refractivity contribution in [1.29, 1.82) is 0 Å². The minimum absolute atomic E-state index is 0. The van der Waals surface area contributed by atoms with E-state index in [0.717, 1.165) is 31.5 Å². The Morgan fingerprint density at radius 1 is 1.38 bits per heavy atom. The molecule has 24 heavy (non-hydrogen) atoms. The van der Waals surface area contributed by atoms with E-state index in [2.05, 4.69) is 10.4 Å². The highest BCUT2D eigenvalue weighted by molar-refractivity contribution is 6.30. The van der Waals surface area contributed by atoms with E-state index in [0.29, 0.717) is 11.6 Å². The zero-order valence-electron chi connectivity index (χ0n) is 13.6. The number of benzene rings is 1. The number of rotatable bonds is 4. The lowest BCUT2D eigenvalue weighted by molar-refractivity contribution is -0.142. The molecule has 1 aliphatic heterocycles. The zero-order valence-corrected chi connectivity index (χ0v) is 15.2. The lowest BCUT2D eigenvalue weighted by Gasteiger charge is -2.39. The van der Waals surface area contributed by atoms with Crippen molar-refractivity contribution >= 4 is 29.9 Å². The summed E-state index contributed by atoms with van der Waals surface area (Å²) in [5, 5.41) is 8.37. The van der Waals surface area contributed by atoms with E-state index in [1.807, 2.05) is 48.3 Å². The molecule has 0 atom stereocenters. The van der Waals surface area contributed by atoms with Crippen LogP contribution in [0.15, 0.2) is 42.7 Å². The predicted molar refractivity (Wildman–Crippen MR) is 97.5 cm³/mol. The molecule has 7 heteroatoms. The van der Waals surface area contributed by atoms with Gasteiger partial charge in [0.25, 0.3) is 5.91 Å². The van der Waals surface area contributed by atoms with Crippen LogP contribution in [0.5, 0.6) is 0 Å². The van der Waals surface area contributed by atoms with Gasteiger partial charge in [0.05, 0.1) is 0 Å². The molecule has 130 valence electrons. The number of nitrogens with zero attached hydrogens (tertiary/aromatic N) is 3. The number of amides is 1. The summed E-state index contributed by atoms with van der Waals surface area (Å²) in [4.78, 5) is 15.0. The molecule has 2 heterocycles. The number of piperidine rings is 1. The summed E-state index contributed by atoms with van der Waals surface area (Å²) in [5.41, 5.74) is 0.431. The summed E-state index contributed by atoms with van der Waals surface area (Å²) >= 11 is 6.04. The van der Waals surface area contributed by atoms with E-state index in [1.54, 1.807) is 11.1 Å². The molecule has 1 aromatic carbocycles. The molecule has 2 aromatic rings. The number of likely N-dealkylation sites (N-methyl/N-ethyl adjacent to an activating group) is 1. The Labute approximate surface area is 153 Å². The van der Waals surface area contributed by atoms with Gasteiger partial charge in [-0.3, -0.25) is 9.48 Å². The van der Waals surface area contributed by atoms with Gasteiger partial charge < -0.3 is 10.2 Å². The molecule has 0 saturated carbocycles. The maximum absolute atomic E-state index is 13.2. The number of hydrogen-bond acceptors (Lipinski definition) is 3. The van der Waals surface area contributed by atoms with Crippen molar-refractivity contribution in [3.63, 3.8) is 0 Å². The second kappa shape index (κ2) is 8.01. The lowest BCUT2D eigenvalue weighted by Crippen LogP contribution is -2.54. The largest absolute Gasteiger partial charge is 0.339 e. The SMILES string of the molecule is CN(Cc1cccc(Cl)c1)C(=O)C1(n2cccn2)CCNCC1.Cl. The molecule has 1 aliphatic rings. The molecule has 0 aliphatic carbocycles. The Kier molecular flexibility index (Phi) is 6.27. The molecule has 1 amide bonds. The second-order valence-corrected chi connectivity index (χ2v) is 6.46. The summed E-state index contributed by atoms with van der Waals surface area (Å²) in [7, 11) is 1.84. The van der Waals surface area contributed by atoms with Crippen molar-refractivity contribution in [2.24, 2.45) is 0 Å². The summed E-state index contributed by atoms with van der Waals surface area (Å²) in [6.07, 6.45) is 5.10. The van der Waals surface area contributed by atoms with Crippen LogP contribution in [0.3, 0.4) is 0 Å². The molecule has 0 unspecified atom stereocenters. The summed E-state index contributed by atoms with van der Waals surface area (Å²) in [6.45, 7) is 2.17. The average Bonchev–Trinajstić information content (AvgIpc) is 3.10. The van der Waals surface area contributed by atoms with Crippen LogP contribution in [-0.4, -0.2) is 40.7 Å². The quantitative estimate of drug-likeness (QED) is 0.902. The normalized spacial score (nSPS) is 16.2. The first kappa shape index (κ1) is 18.8. The predicted octanol–water partition coefficient (Wildman–Crippen LogP) is 2.70. The minimum atomic E-state index is -0.595. The van der Waals surface area contributed by atoms with E-state index in [1.165, 1.54) is 0 Å². The molecule has 1 aromatic heterocycles. The summed E-state index contributed by atoms with van der Waals surface area (Å²) in [6, 6.07) is 9.50. The van der Waals surface area contributed by atoms with E-state index >= 15 is 0 Å². The first-order valence-electron chi connectivity index (χ1n) is 7.83. The maximum Gasteiger partial charge on any atom is 0.250 e. The van der Waals surface area contributed by atoms with Crippen LogP contribution in [0.1, 0.15) is 18.4 Å². The molecule has 0 spiro atoms. The van der Waals surface area contributed by atoms with Crippen LogP contribution in [-0.2, 0) is 16.9 Å². The second-order valence-electron chi connectivity index (χ2n) is 6.02. The molecule has 1 N–H and O–H groups in total. The number of carbonyl (C=O) groups excluding carboxylic acids is 1. The van der Waals surface area contributed by atoms with Crippen LogP contribution >= 0.6 is 24.0 Å². The van der Waals surface area contributed by atoms with Gasteiger partial charge in [0.15, 0.2) is 0 Å². The van der Waals surface area contributed by atoms with Gasteiger partial charge in [-0.05, 0) is 49.7 Å². The van der Waals surface area contributed by atoms with Crippen molar-refractivity contribution in [3.05, 3.63) is 53.3 Å². The van der Waals surface area contributed by atoms with Gasteiger partial charge >= 0.3 is 0 Å². The van der Waals surface area contributed by atoms with Gasteiger partial charge in [0.1, 0.15) is 5.54 Å². The Hall–Kier alpha value is -1.56. The highest BCUT2D eigenvalue weighted by Crippen LogP contribution is 2.29. The van der Waals surface area contributed by atoms with Gasteiger partial charge in [-0.1, -0.05) is 23.7 Å². The van der Waals surface area contributed by atoms with Crippen molar-refractivity contribution in [2.45, 2.75) is 24.9 Å². The monoisotopic (exact) mass is 368 g/mol. The van der Waals surface area contributed by atoms with E-state index < -0.39 is 5.54 Å². The Morgan fingerprint density at radius 3 is 2.75 bits per heavy atom. The molecule has 0 radical (unpaired) electrons. The molecule has 3 rings (SSSR count). The van der Waals surface area contributed by atoms with Crippen molar-refractivity contribution in [2.75, 3.05) is 20.1 Å². The first-order valence-corrected chi connectivity index (χ1v) is 8.20. The maximum atomic E-state index is 13.2. The Morgan fingerprint density at radius 2 is 2.12 bits per heavy atom. The Balaban J connectivity index is 0.00000208. The standard InChI is InChI=1S/C17H21ClN4O.ClH/c1-21(13-14-4-2-5-15(18)12-14)16(23)17(6-9-19-10-7-17)22-11-3-8-20-22;/h2-5,8,11-12,19H,6-7,9-10,13H2,1H3;1H. The first-order chi connectivity index (χ1) is 11.1. The number of halogens is 2. The minimum Gasteiger partial charge on any atom is -0.339 e. The van der Waals surface area contributed by atoms with Crippen LogP contribution in [0.2, 0.25) is 5.02 Å². The third-order valence-electron chi connectivity index (χ3n) is 4.43. The van der Waals surface area contributed by atoms with Crippen LogP contribution in [0.25, 0.3) is 0 Å².